The Kier molecular flexibility index (Phi) is 4.11. The van der Waals surface area contributed by atoms with Crippen LogP contribution >= 0.6 is 0 Å². The van der Waals surface area contributed by atoms with E-state index in [4.69, 9.17) is 11.5 Å². The molecule has 0 fully saturated rings. The number of aromatic nitrogens is 3. The molecule has 2 heterocycles. The molecular weight excluding hydrogens is 367 g/mol. The van der Waals surface area contributed by atoms with Crippen LogP contribution in [-0.2, 0) is 6.18 Å². The maximum Gasteiger partial charge on any atom is 0.416 e. The molecule has 5 nitrogen and oxygen atoms in total. The number of anilines is 2. The van der Waals surface area contributed by atoms with Crippen molar-refractivity contribution in [3.8, 4) is 22.5 Å². The summed E-state index contributed by atoms with van der Waals surface area (Å²) in [6.07, 6.45) is -3.04. The molecule has 0 amide bonds. The van der Waals surface area contributed by atoms with Crippen molar-refractivity contribution < 1.29 is 13.2 Å². The predicted molar refractivity (Wildman–Crippen MR) is 102 cm³/mol. The number of benzene rings is 2. The second-order valence-corrected chi connectivity index (χ2v) is 6.24. The minimum atomic E-state index is -4.38. The number of fused-ring (bicyclic) bond motifs is 1. The highest BCUT2D eigenvalue weighted by molar-refractivity contribution is 5.90. The normalized spacial score (nSPS) is 11.7. The van der Waals surface area contributed by atoms with Gasteiger partial charge in [-0.2, -0.15) is 13.2 Å². The largest absolute Gasteiger partial charge is 0.416 e. The number of alkyl halides is 3. The van der Waals surface area contributed by atoms with Crippen LogP contribution in [-0.4, -0.2) is 15.0 Å². The SMILES string of the molecule is Nc1ccc2cc(-c3cc(-c4ccc(C(F)(F)F)cc4)ncn3)c(N)nc2c1. The van der Waals surface area contributed by atoms with Gasteiger partial charge in [-0.05, 0) is 36.4 Å². The second-order valence-electron chi connectivity index (χ2n) is 6.24. The molecule has 0 spiro atoms. The highest BCUT2D eigenvalue weighted by Crippen LogP contribution is 2.32. The first-order valence-electron chi connectivity index (χ1n) is 8.27. The van der Waals surface area contributed by atoms with Gasteiger partial charge in [-0.3, -0.25) is 0 Å². The van der Waals surface area contributed by atoms with Gasteiger partial charge in [0.2, 0.25) is 0 Å². The van der Waals surface area contributed by atoms with E-state index >= 15 is 0 Å². The van der Waals surface area contributed by atoms with E-state index < -0.39 is 11.7 Å². The molecule has 28 heavy (non-hydrogen) atoms. The third-order valence-corrected chi connectivity index (χ3v) is 4.32. The smallest absolute Gasteiger partial charge is 0.399 e. The van der Waals surface area contributed by atoms with Crippen LogP contribution in [0, 0.1) is 0 Å². The van der Waals surface area contributed by atoms with E-state index in [2.05, 4.69) is 15.0 Å². The quantitative estimate of drug-likeness (QED) is 0.498. The summed E-state index contributed by atoms with van der Waals surface area (Å²) in [5.74, 6) is 0.273. The fourth-order valence-corrected chi connectivity index (χ4v) is 2.90. The molecule has 4 rings (SSSR count). The van der Waals surface area contributed by atoms with Crippen molar-refractivity contribution in [1.82, 2.24) is 15.0 Å². The lowest BCUT2D eigenvalue weighted by atomic mass is 10.0. The minimum Gasteiger partial charge on any atom is -0.399 e. The first-order chi connectivity index (χ1) is 13.3. The van der Waals surface area contributed by atoms with Gasteiger partial charge in [0.1, 0.15) is 12.1 Å². The third-order valence-electron chi connectivity index (χ3n) is 4.32. The molecule has 0 atom stereocenters. The van der Waals surface area contributed by atoms with E-state index in [-0.39, 0.29) is 5.82 Å². The molecule has 8 heteroatoms. The summed E-state index contributed by atoms with van der Waals surface area (Å²) in [5, 5.41) is 0.841. The number of nitrogens with two attached hydrogens (primary N) is 2. The zero-order valence-corrected chi connectivity index (χ0v) is 14.4. The molecule has 0 radical (unpaired) electrons. The van der Waals surface area contributed by atoms with Gasteiger partial charge in [0.25, 0.3) is 0 Å². The molecule has 0 aliphatic rings. The van der Waals surface area contributed by atoms with Crippen LogP contribution in [0.25, 0.3) is 33.4 Å². The first kappa shape index (κ1) is 17.7. The van der Waals surface area contributed by atoms with Crippen molar-refractivity contribution in [2.75, 3.05) is 11.5 Å². The zero-order valence-electron chi connectivity index (χ0n) is 14.4. The van der Waals surface area contributed by atoms with Crippen LogP contribution < -0.4 is 11.5 Å². The van der Waals surface area contributed by atoms with Crippen LogP contribution in [0.1, 0.15) is 5.56 Å². The maximum absolute atomic E-state index is 12.8. The second kappa shape index (κ2) is 6.49. The Morgan fingerprint density at radius 2 is 1.50 bits per heavy atom. The molecular formula is C20H14F3N5. The minimum absolute atomic E-state index is 0.273. The standard InChI is InChI=1S/C20H14F3N5/c21-20(22,23)13-4-1-11(2-5-13)16-9-18(27-10-26-16)15-7-12-3-6-14(24)8-17(12)28-19(15)25/h1-10H,24H2,(H2,25,28). The Hall–Kier alpha value is -3.68. The number of rotatable bonds is 2. The fraction of sp³-hybridized carbons (Fsp3) is 0.0500. The molecule has 2 aromatic carbocycles. The van der Waals surface area contributed by atoms with Gasteiger partial charge in [-0.15, -0.1) is 0 Å². The molecule has 0 aliphatic carbocycles. The summed E-state index contributed by atoms with van der Waals surface area (Å²) >= 11 is 0. The third kappa shape index (κ3) is 3.32. The number of hydrogen-bond donors (Lipinski definition) is 2. The summed E-state index contributed by atoms with van der Waals surface area (Å²) in [6.45, 7) is 0. The van der Waals surface area contributed by atoms with E-state index in [1.807, 2.05) is 12.1 Å². The van der Waals surface area contributed by atoms with E-state index in [9.17, 15) is 13.2 Å². The molecule has 4 aromatic rings. The molecule has 140 valence electrons. The Balaban J connectivity index is 1.76. The summed E-state index contributed by atoms with van der Waals surface area (Å²) in [4.78, 5) is 12.8. The number of nitrogen functional groups attached to an aromatic ring is 2. The van der Waals surface area contributed by atoms with Crippen LogP contribution in [0.15, 0.2) is 60.9 Å². The number of nitrogens with zero attached hydrogens (tertiary/aromatic N) is 3. The lowest BCUT2D eigenvalue weighted by molar-refractivity contribution is -0.137. The molecule has 0 aliphatic heterocycles. The fourth-order valence-electron chi connectivity index (χ4n) is 2.90. The van der Waals surface area contributed by atoms with E-state index in [1.165, 1.54) is 18.5 Å². The van der Waals surface area contributed by atoms with E-state index in [0.29, 0.717) is 33.7 Å². The molecule has 2 aromatic heterocycles. The average Bonchev–Trinajstić information content (AvgIpc) is 2.67. The van der Waals surface area contributed by atoms with Gasteiger partial charge < -0.3 is 11.5 Å². The summed E-state index contributed by atoms with van der Waals surface area (Å²) in [6, 6.07) is 13.6. The topological polar surface area (TPSA) is 90.7 Å². The van der Waals surface area contributed by atoms with Crippen LogP contribution in [0.2, 0.25) is 0 Å². The van der Waals surface area contributed by atoms with Crippen LogP contribution in [0.5, 0.6) is 0 Å². The Morgan fingerprint density at radius 3 is 2.21 bits per heavy atom. The summed E-state index contributed by atoms with van der Waals surface area (Å²) in [5.41, 5.74) is 14.5. The van der Waals surface area contributed by atoms with Crippen molar-refractivity contribution in [2.45, 2.75) is 6.18 Å². The Morgan fingerprint density at radius 1 is 0.786 bits per heavy atom. The van der Waals surface area contributed by atoms with E-state index in [1.54, 1.807) is 18.2 Å². The predicted octanol–water partition coefficient (Wildman–Crippen LogP) is 4.54. The van der Waals surface area contributed by atoms with Gasteiger partial charge in [0, 0.05) is 22.2 Å². The van der Waals surface area contributed by atoms with Gasteiger partial charge in [0.05, 0.1) is 22.5 Å². The molecule has 0 saturated carbocycles. The van der Waals surface area contributed by atoms with E-state index in [0.717, 1.165) is 17.5 Å². The van der Waals surface area contributed by atoms with Crippen LogP contribution in [0.3, 0.4) is 0 Å². The first-order valence-corrected chi connectivity index (χ1v) is 8.27. The lowest BCUT2D eigenvalue weighted by Crippen LogP contribution is -2.04. The van der Waals surface area contributed by atoms with Crippen molar-refractivity contribution in [2.24, 2.45) is 0 Å². The lowest BCUT2D eigenvalue weighted by Gasteiger charge is -2.10. The number of hydrogen-bond acceptors (Lipinski definition) is 5. The van der Waals surface area contributed by atoms with Gasteiger partial charge in [0.15, 0.2) is 0 Å². The molecule has 0 bridgehead atoms. The molecule has 0 unspecified atom stereocenters. The summed E-state index contributed by atoms with van der Waals surface area (Å²) in [7, 11) is 0. The van der Waals surface area contributed by atoms with Gasteiger partial charge >= 0.3 is 6.18 Å². The monoisotopic (exact) mass is 381 g/mol. The van der Waals surface area contributed by atoms with Crippen molar-refractivity contribution in [3.05, 3.63) is 66.5 Å². The zero-order chi connectivity index (χ0) is 19.9. The Bertz CT molecular complexity index is 1170. The number of halogens is 3. The van der Waals surface area contributed by atoms with Gasteiger partial charge in [-0.1, -0.05) is 18.2 Å². The average molecular weight is 381 g/mol. The molecule has 0 saturated heterocycles. The summed E-state index contributed by atoms with van der Waals surface area (Å²) < 4.78 is 38.3. The number of pyridine rings is 1. The van der Waals surface area contributed by atoms with Gasteiger partial charge in [-0.25, -0.2) is 15.0 Å². The Labute approximate surface area is 157 Å². The van der Waals surface area contributed by atoms with Crippen molar-refractivity contribution >= 4 is 22.4 Å². The van der Waals surface area contributed by atoms with Crippen molar-refractivity contribution in [1.29, 1.82) is 0 Å². The highest BCUT2D eigenvalue weighted by Gasteiger charge is 2.30. The highest BCUT2D eigenvalue weighted by atomic mass is 19.4. The maximum atomic E-state index is 12.8. The van der Waals surface area contributed by atoms with Crippen LogP contribution in [0.4, 0.5) is 24.7 Å². The molecule has 4 N–H and O–H groups in total. The van der Waals surface area contributed by atoms with Crippen molar-refractivity contribution in [3.63, 3.8) is 0 Å².